The van der Waals surface area contributed by atoms with Crippen LogP contribution in [0.2, 0.25) is 0 Å². The molecule has 0 spiro atoms. The van der Waals surface area contributed by atoms with Crippen LogP contribution in [0.15, 0.2) is 11.6 Å². The molecule has 1 saturated heterocycles. The van der Waals surface area contributed by atoms with Gasteiger partial charge < -0.3 is 10.1 Å². The van der Waals surface area contributed by atoms with Gasteiger partial charge in [-0.3, -0.25) is 0 Å². The van der Waals surface area contributed by atoms with E-state index in [-0.39, 0.29) is 0 Å². The molecule has 1 N–H and O–H groups in total. The van der Waals surface area contributed by atoms with Crippen LogP contribution in [0.5, 0.6) is 0 Å². The summed E-state index contributed by atoms with van der Waals surface area (Å²) < 4.78 is 5.73. The molecule has 0 aliphatic carbocycles. The highest BCUT2D eigenvalue weighted by Gasteiger charge is 2.19. The summed E-state index contributed by atoms with van der Waals surface area (Å²) in [5.41, 5.74) is 1.40. The second-order valence-corrected chi connectivity index (χ2v) is 4.25. The fourth-order valence-corrected chi connectivity index (χ4v) is 1.79. The Morgan fingerprint density at radius 2 is 2.29 bits per heavy atom. The molecule has 2 atom stereocenters. The van der Waals surface area contributed by atoms with Crippen molar-refractivity contribution in [3.63, 3.8) is 0 Å². The molecule has 82 valence electrons. The highest BCUT2D eigenvalue weighted by atomic mass is 16.5. The van der Waals surface area contributed by atoms with E-state index in [4.69, 9.17) is 4.74 Å². The molecule has 1 fully saturated rings. The summed E-state index contributed by atoms with van der Waals surface area (Å²) in [5, 5.41) is 3.40. The van der Waals surface area contributed by atoms with E-state index in [1.165, 1.54) is 24.8 Å². The Morgan fingerprint density at radius 3 is 2.86 bits per heavy atom. The Labute approximate surface area is 87.7 Å². The molecule has 1 heterocycles. The zero-order valence-corrected chi connectivity index (χ0v) is 9.68. The van der Waals surface area contributed by atoms with Crippen LogP contribution in [-0.4, -0.2) is 25.3 Å². The van der Waals surface area contributed by atoms with Gasteiger partial charge in [0.1, 0.15) is 0 Å². The van der Waals surface area contributed by atoms with E-state index in [0.717, 1.165) is 13.1 Å². The van der Waals surface area contributed by atoms with Crippen molar-refractivity contribution in [1.82, 2.24) is 5.32 Å². The SMILES string of the molecule is CCCNCC(C)=CC1CCC(C)O1. The third kappa shape index (κ3) is 4.25. The molecule has 14 heavy (non-hydrogen) atoms. The first-order valence-electron chi connectivity index (χ1n) is 5.76. The lowest BCUT2D eigenvalue weighted by Gasteiger charge is -2.08. The molecule has 0 radical (unpaired) electrons. The largest absolute Gasteiger partial charge is 0.371 e. The monoisotopic (exact) mass is 197 g/mol. The summed E-state index contributed by atoms with van der Waals surface area (Å²) in [7, 11) is 0. The third-order valence-corrected chi connectivity index (χ3v) is 2.57. The summed E-state index contributed by atoms with van der Waals surface area (Å²) in [6, 6.07) is 0. The van der Waals surface area contributed by atoms with Gasteiger partial charge in [-0.1, -0.05) is 18.6 Å². The van der Waals surface area contributed by atoms with Crippen molar-refractivity contribution in [3.8, 4) is 0 Å². The minimum absolute atomic E-state index is 0.369. The van der Waals surface area contributed by atoms with Crippen LogP contribution in [0.1, 0.15) is 40.0 Å². The maximum Gasteiger partial charge on any atom is 0.0763 e. The molecule has 0 aromatic heterocycles. The first-order chi connectivity index (χ1) is 6.72. The lowest BCUT2D eigenvalue weighted by Crippen LogP contribution is -2.18. The predicted octanol–water partition coefficient (Wildman–Crippen LogP) is 2.50. The fourth-order valence-electron chi connectivity index (χ4n) is 1.79. The predicted molar refractivity (Wildman–Crippen MR) is 60.5 cm³/mol. The van der Waals surface area contributed by atoms with Crippen LogP contribution in [0, 0.1) is 0 Å². The van der Waals surface area contributed by atoms with Gasteiger partial charge in [-0.15, -0.1) is 0 Å². The second-order valence-electron chi connectivity index (χ2n) is 4.25. The van der Waals surface area contributed by atoms with E-state index in [2.05, 4.69) is 32.2 Å². The molecular weight excluding hydrogens is 174 g/mol. The summed E-state index contributed by atoms with van der Waals surface area (Å²) >= 11 is 0. The Kier molecular flexibility index (Phi) is 5.20. The molecule has 2 unspecified atom stereocenters. The zero-order valence-electron chi connectivity index (χ0n) is 9.68. The van der Waals surface area contributed by atoms with Gasteiger partial charge in [0, 0.05) is 6.54 Å². The summed E-state index contributed by atoms with van der Waals surface area (Å²) in [6.07, 6.45) is 6.68. The topological polar surface area (TPSA) is 21.3 Å². The molecule has 1 aliphatic rings. The van der Waals surface area contributed by atoms with Crippen LogP contribution in [0.25, 0.3) is 0 Å². The Bertz CT molecular complexity index is 189. The lowest BCUT2D eigenvalue weighted by atomic mass is 10.1. The van der Waals surface area contributed by atoms with Gasteiger partial charge in [-0.25, -0.2) is 0 Å². The van der Waals surface area contributed by atoms with Crippen LogP contribution in [0.4, 0.5) is 0 Å². The summed E-state index contributed by atoms with van der Waals surface area (Å²) in [6.45, 7) is 8.62. The molecular formula is C12H23NO. The van der Waals surface area contributed by atoms with Gasteiger partial charge in [0.25, 0.3) is 0 Å². The molecule has 0 aromatic carbocycles. The van der Waals surface area contributed by atoms with E-state index >= 15 is 0 Å². The first-order valence-corrected chi connectivity index (χ1v) is 5.76. The van der Waals surface area contributed by atoms with Crippen molar-refractivity contribution < 1.29 is 4.74 Å². The number of rotatable bonds is 5. The maximum absolute atomic E-state index is 5.73. The summed E-state index contributed by atoms with van der Waals surface area (Å²) in [4.78, 5) is 0. The molecule has 0 amide bonds. The second kappa shape index (κ2) is 6.20. The normalized spacial score (nSPS) is 28.4. The molecule has 0 bridgehead atoms. The Balaban J connectivity index is 2.21. The van der Waals surface area contributed by atoms with Crippen LogP contribution in [0.3, 0.4) is 0 Å². The van der Waals surface area contributed by atoms with Gasteiger partial charge in [-0.05, 0) is 39.7 Å². The highest BCUT2D eigenvalue weighted by molar-refractivity contribution is 5.05. The molecule has 1 rings (SSSR count). The van der Waals surface area contributed by atoms with E-state index in [9.17, 15) is 0 Å². The molecule has 0 aromatic rings. The standard InChI is InChI=1S/C12H23NO/c1-4-7-13-9-10(2)8-12-6-5-11(3)14-12/h8,11-13H,4-7,9H2,1-3H3. The average molecular weight is 197 g/mol. The van der Waals surface area contributed by atoms with Crippen molar-refractivity contribution in [1.29, 1.82) is 0 Å². The Morgan fingerprint density at radius 1 is 1.50 bits per heavy atom. The van der Waals surface area contributed by atoms with Gasteiger partial charge in [0.15, 0.2) is 0 Å². The van der Waals surface area contributed by atoms with Gasteiger partial charge in [0.2, 0.25) is 0 Å². The molecule has 2 nitrogen and oxygen atoms in total. The van der Waals surface area contributed by atoms with Crippen LogP contribution < -0.4 is 5.32 Å². The quantitative estimate of drug-likeness (QED) is 0.540. The van der Waals surface area contributed by atoms with Crippen molar-refractivity contribution in [2.75, 3.05) is 13.1 Å². The number of hydrogen-bond donors (Lipinski definition) is 1. The number of hydrogen-bond acceptors (Lipinski definition) is 2. The fraction of sp³-hybridized carbons (Fsp3) is 0.833. The zero-order chi connectivity index (χ0) is 10.4. The van der Waals surface area contributed by atoms with Crippen molar-refractivity contribution in [3.05, 3.63) is 11.6 Å². The average Bonchev–Trinajstić information content (AvgIpc) is 2.52. The van der Waals surface area contributed by atoms with Crippen molar-refractivity contribution in [2.45, 2.75) is 52.2 Å². The van der Waals surface area contributed by atoms with E-state index in [1.54, 1.807) is 0 Å². The van der Waals surface area contributed by atoms with Crippen molar-refractivity contribution in [2.24, 2.45) is 0 Å². The van der Waals surface area contributed by atoms with Crippen molar-refractivity contribution >= 4 is 0 Å². The molecule has 0 saturated carbocycles. The number of nitrogens with one attached hydrogen (secondary N) is 1. The van der Waals surface area contributed by atoms with Gasteiger partial charge in [-0.2, -0.15) is 0 Å². The number of ether oxygens (including phenoxy) is 1. The van der Waals surface area contributed by atoms with E-state index in [0.29, 0.717) is 12.2 Å². The highest BCUT2D eigenvalue weighted by Crippen LogP contribution is 2.20. The molecule has 1 aliphatic heterocycles. The van der Waals surface area contributed by atoms with Gasteiger partial charge in [0.05, 0.1) is 12.2 Å². The van der Waals surface area contributed by atoms with E-state index in [1.807, 2.05) is 0 Å². The van der Waals surface area contributed by atoms with Gasteiger partial charge >= 0.3 is 0 Å². The maximum atomic E-state index is 5.73. The lowest BCUT2D eigenvalue weighted by molar-refractivity contribution is 0.0828. The minimum atomic E-state index is 0.369. The minimum Gasteiger partial charge on any atom is -0.371 e. The third-order valence-electron chi connectivity index (χ3n) is 2.57. The summed E-state index contributed by atoms with van der Waals surface area (Å²) in [5.74, 6) is 0. The smallest absolute Gasteiger partial charge is 0.0763 e. The molecule has 2 heteroatoms. The van der Waals surface area contributed by atoms with Crippen LogP contribution in [-0.2, 0) is 4.74 Å². The van der Waals surface area contributed by atoms with Crippen LogP contribution >= 0.6 is 0 Å². The first kappa shape index (κ1) is 11.7. The van der Waals surface area contributed by atoms with E-state index < -0.39 is 0 Å². The Hall–Kier alpha value is -0.340.